The summed E-state index contributed by atoms with van der Waals surface area (Å²) in [6, 6.07) is 3.72. The van der Waals surface area contributed by atoms with Crippen molar-refractivity contribution in [1.29, 1.82) is 0 Å². The normalized spacial score (nSPS) is 22.3. The van der Waals surface area contributed by atoms with E-state index >= 15 is 0 Å². The van der Waals surface area contributed by atoms with Crippen molar-refractivity contribution >= 4 is 32.9 Å². The lowest BCUT2D eigenvalue weighted by Crippen LogP contribution is -2.20. The maximum atomic E-state index is 11.4. The zero-order valence-electron chi connectivity index (χ0n) is 12.0. The first-order valence-electron chi connectivity index (χ1n) is 7.39. The fourth-order valence-electron chi connectivity index (χ4n) is 3.03. The predicted octanol–water partition coefficient (Wildman–Crippen LogP) is 4.44. The zero-order valence-corrected chi connectivity index (χ0v) is 12.9. The second-order valence-electron chi connectivity index (χ2n) is 5.92. The van der Waals surface area contributed by atoms with Gasteiger partial charge in [0.25, 0.3) is 0 Å². The van der Waals surface area contributed by atoms with Gasteiger partial charge in [-0.25, -0.2) is 4.98 Å². The third-order valence-electron chi connectivity index (χ3n) is 4.37. The Hall–Kier alpha value is -1.69. The van der Waals surface area contributed by atoms with Crippen molar-refractivity contribution in [3.63, 3.8) is 0 Å². The maximum Gasteiger partial charge on any atom is 0.319 e. The summed E-state index contributed by atoms with van der Waals surface area (Å²) in [6.07, 6.45) is 4.95. The van der Waals surface area contributed by atoms with Gasteiger partial charge >= 0.3 is 5.69 Å². The van der Waals surface area contributed by atoms with Gasteiger partial charge in [-0.15, -0.1) is 11.3 Å². The van der Waals surface area contributed by atoms with Crippen molar-refractivity contribution in [3.05, 3.63) is 27.8 Å². The molecule has 112 valence electrons. The smallest absolute Gasteiger partial charge is 0.319 e. The molecule has 1 fully saturated rings. The van der Waals surface area contributed by atoms with Crippen LogP contribution in [0.1, 0.15) is 32.6 Å². The third-order valence-corrected chi connectivity index (χ3v) is 5.17. The molecule has 2 aromatic rings. The molecular weight excluding hydrogens is 286 g/mol. The Morgan fingerprint density at radius 2 is 2.14 bits per heavy atom. The van der Waals surface area contributed by atoms with Crippen LogP contribution >= 0.6 is 11.3 Å². The topological polar surface area (TPSA) is 68.1 Å². The minimum Gasteiger partial charge on any atom is -0.379 e. The fourth-order valence-corrected chi connectivity index (χ4v) is 3.71. The monoisotopic (exact) mass is 305 g/mol. The van der Waals surface area contributed by atoms with Gasteiger partial charge in [0.2, 0.25) is 0 Å². The molecule has 0 atom stereocenters. The van der Waals surface area contributed by atoms with Crippen LogP contribution in [0.2, 0.25) is 0 Å². The lowest BCUT2D eigenvalue weighted by Gasteiger charge is -2.26. The SMILES string of the molecule is CC1CCC(CNc2ccc3scnc3c2[N+](=O)[O-])CC1. The Morgan fingerprint density at radius 3 is 2.86 bits per heavy atom. The lowest BCUT2D eigenvalue weighted by atomic mass is 9.83. The van der Waals surface area contributed by atoms with Crippen LogP contribution in [0.3, 0.4) is 0 Å². The van der Waals surface area contributed by atoms with E-state index in [-0.39, 0.29) is 10.6 Å². The summed E-state index contributed by atoms with van der Waals surface area (Å²) in [5, 5.41) is 14.6. The van der Waals surface area contributed by atoms with Gasteiger partial charge in [0.1, 0.15) is 5.69 Å². The van der Waals surface area contributed by atoms with Gasteiger partial charge in [-0.05, 0) is 36.8 Å². The Bertz CT molecular complexity index is 647. The maximum absolute atomic E-state index is 11.4. The van der Waals surface area contributed by atoms with Crippen LogP contribution in [0.4, 0.5) is 11.4 Å². The van der Waals surface area contributed by atoms with Crippen LogP contribution in [0, 0.1) is 22.0 Å². The summed E-state index contributed by atoms with van der Waals surface area (Å²) < 4.78 is 0.860. The van der Waals surface area contributed by atoms with Gasteiger partial charge in [0, 0.05) is 6.54 Å². The van der Waals surface area contributed by atoms with Gasteiger partial charge in [0.05, 0.1) is 15.1 Å². The number of benzene rings is 1. The fraction of sp³-hybridized carbons (Fsp3) is 0.533. The highest BCUT2D eigenvalue weighted by Crippen LogP contribution is 2.35. The molecule has 1 aromatic heterocycles. The summed E-state index contributed by atoms with van der Waals surface area (Å²) in [5.41, 5.74) is 2.85. The van der Waals surface area contributed by atoms with Gasteiger partial charge in [0.15, 0.2) is 5.52 Å². The second kappa shape index (κ2) is 5.97. The standard InChI is InChI=1S/C15H19N3O2S/c1-10-2-4-11(5-3-10)8-16-12-6-7-13-14(17-9-21-13)15(12)18(19)20/h6-7,9-11,16H,2-5,8H2,1H3. The van der Waals surface area contributed by atoms with Crippen molar-refractivity contribution in [2.45, 2.75) is 32.6 Å². The molecule has 1 aliphatic carbocycles. The number of aromatic nitrogens is 1. The average molecular weight is 305 g/mol. The van der Waals surface area contributed by atoms with E-state index in [0.717, 1.165) is 17.2 Å². The van der Waals surface area contributed by atoms with Gasteiger partial charge < -0.3 is 5.32 Å². The summed E-state index contributed by atoms with van der Waals surface area (Å²) in [6.45, 7) is 3.11. The van der Waals surface area contributed by atoms with E-state index in [0.29, 0.717) is 17.1 Å². The number of thiazole rings is 1. The predicted molar refractivity (Wildman–Crippen MR) is 85.9 cm³/mol. The molecule has 0 aliphatic heterocycles. The largest absolute Gasteiger partial charge is 0.379 e. The van der Waals surface area contributed by atoms with Gasteiger partial charge in [-0.1, -0.05) is 19.8 Å². The van der Waals surface area contributed by atoms with Crippen molar-refractivity contribution in [2.24, 2.45) is 11.8 Å². The molecule has 0 radical (unpaired) electrons. The van der Waals surface area contributed by atoms with Crippen LogP contribution in [-0.4, -0.2) is 16.5 Å². The van der Waals surface area contributed by atoms with Crippen molar-refractivity contribution in [1.82, 2.24) is 4.98 Å². The molecule has 21 heavy (non-hydrogen) atoms. The van der Waals surface area contributed by atoms with Crippen molar-refractivity contribution in [3.8, 4) is 0 Å². The number of nitrogens with one attached hydrogen (secondary N) is 1. The van der Waals surface area contributed by atoms with Gasteiger partial charge in [-0.2, -0.15) is 0 Å². The van der Waals surface area contributed by atoms with Crippen molar-refractivity contribution < 1.29 is 4.92 Å². The average Bonchev–Trinajstić information content (AvgIpc) is 2.94. The summed E-state index contributed by atoms with van der Waals surface area (Å²) in [5.74, 6) is 1.44. The minimum atomic E-state index is -0.326. The molecule has 0 unspecified atom stereocenters. The Balaban J connectivity index is 1.77. The Kier molecular flexibility index (Phi) is 4.05. The minimum absolute atomic E-state index is 0.109. The molecule has 0 bridgehead atoms. The number of anilines is 1. The van der Waals surface area contributed by atoms with Crippen molar-refractivity contribution in [2.75, 3.05) is 11.9 Å². The second-order valence-corrected chi connectivity index (χ2v) is 6.81. The van der Waals surface area contributed by atoms with Crippen LogP contribution in [0.5, 0.6) is 0 Å². The molecule has 3 rings (SSSR count). The van der Waals surface area contributed by atoms with Crippen LogP contribution < -0.4 is 5.32 Å². The number of nitrogens with zero attached hydrogens (tertiary/aromatic N) is 2. The van der Waals surface area contributed by atoms with E-state index in [4.69, 9.17) is 0 Å². The van der Waals surface area contributed by atoms with Crippen LogP contribution in [0.15, 0.2) is 17.6 Å². The van der Waals surface area contributed by atoms with E-state index < -0.39 is 0 Å². The molecule has 1 aromatic carbocycles. The number of fused-ring (bicyclic) bond motifs is 1. The highest BCUT2D eigenvalue weighted by molar-refractivity contribution is 7.16. The van der Waals surface area contributed by atoms with Crippen LogP contribution in [0.25, 0.3) is 10.2 Å². The molecule has 5 nitrogen and oxygen atoms in total. The molecule has 6 heteroatoms. The molecule has 0 amide bonds. The van der Waals surface area contributed by atoms with Gasteiger partial charge in [-0.3, -0.25) is 10.1 Å². The van der Waals surface area contributed by atoms with E-state index in [1.54, 1.807) is 5.51 Å². The highest BCUT2D eigenvalue weighted by Gasteiger charge is 2.22. The Morgan fingerprint density at radius 1 is 1.38 bits per heavy atom. The number of hydrogen-bond donors (Lipinski definition) is 1. The Labute approximate surface area is 127 Å². The van der Waals surface area contributed by atoms with E-state index in [9.17, 15) is 10.1 Å². The lowest BCUT2D eigenvalue weighted by molar-refractivity contribution is -0.382. The highest BCUT2D eigenvalue weighted by atomic mass is 32.1. The molecule has 0 spiro atoms. The van der Waals surface area contributed by atoms with Crippen LogP contribution in [-0.2, 0) is 0 Å². The summed E-state index contributed by atoms with van der Waals surface area (Å²) in [7, 11) is 0. The number of nitro groups is 1. The molecule has 1 aliphatic rings. The molecular formula is C15H19N3O2S. The molecule has 1 heterocycles. The molecule has 0 saturated heterocycles. The number of nitro benzene ring substituents is 1. The first-order chi connectivity index (χ1) is 10.1. The van der Waals surface area contributed by atoms with E-state index in [1.807, 2.05) is 12.1 Å². The zero-order chi connectivity index (χ0) is 14.8. The number of rotatable bonds is 4. The molecule has 1 N–H and O–H groups in total. The first kappa shape index (κ1) is 14.3. The first-order valence-corrected chi connectivity index (χ1v) is 8.27. The number of hydrogen-bond acceptors (Lipinski definition) is 5. The van der Waals surface area contributed by atoms with E-state index in [1.165, 1.54) is 37.0 Å². The summed E-state index contributed by atoms with van der Waals surface area (Å²) >= 11 is 1.43. The molecule has 1 saturated carbocycles. The third kappa shape index (κ3) is 3.00. The van der Waals surface area contributed by atoms with E-state index in [2.05, 4.69) is 17.2 Å². The summed E-state index contributed by atoms with van der Waals surface area (Å²) in [4.78, 5) is 15.2. The quantitative estimate of drug-likeness (QED) is 0.669.